The van der Waals surface area contributed by atoms with Crippen LogP contribution >= 0.6 is 0 Å². The van der Waals surface area contributed by atoms with Crippen molar-refractivity contribution in [1.29, 1.82) is 0 Å². The molecule has 2 aromatic heterocycles. The molecule has 0 aliphatic carbocycles. The Hall–Kier alpha value is -3.81. The Kier molecular flexibility index (Phi) is 4.91. The van der Waals surface area contributed by atoms with Crippen LogP contribution in [0.4, 0.5) is 5.69 Å². The highest BCUT2D eigenvalue weighted by molar-refractivity contribution is 6.08. The van der Waals surface area contributed by atoms with E-state index in [4.69, 9.17) is 18.4 Å². The summed E-state index contributed by atoms with van der Waals surface area (Å²) in [5.74, 6) is -0.383. The Bertz CT molecular complexity index is 1250. The summed E-state index contributed by atoms with van der Waals surface area (Å²) in [4.78, 5) is 25.0. The summed E-state index contributed by atoms with van der Waals surface area (Å²) < 4.78 is 21.6. The Morgan fingerprint density at radius 3 is 2.57 bits per heavy atom. The Morgan fingerprint density at radius 2 is 1.87 bits per heavy atom. The highest BCUT2D eigenvalue weighted by Crippen LogP contribution is 2.36. The van der Waals surface area contributed by atoms with Crippen LogP contribution in [0.15, 0.2) is 45.3 Å². The zero-order valence-electron chi connectivity index (χ0n) is 16.9. The molecule has 154 valence electrons. The van der Waals surface area contributed by atoms with Crippen LogP contribution in [0.1, 0.15) is 28.7 Å². The third kappa shape index (κ3) is 3.36. The second-order valence-electron chi connectivity index (χ2n) is 6.88. The van der Waals surface area contributed by atoms with E-state index in [1.165, 1.54) is 14.0 Å². The zero-order chi connectivity index (χ0) is 21.4. The van der Waals surface area contributed by atoms with Gasteiger partial charge in [-0.25, -0.2) is 4.79 Å². The fraction of sp³-hybridized carbons (Fsp3) is 0.227. The molecule has 1 atom stereocenters. The first-order valence-electron chi connectivity index (χ1n) is 9.33. The van der Waals surface area contributed by atoms with E-state index in [1.807, 2.05) is 24.3 Å². The molecule has 0 radical (unpaired) electrons. The first kappa shape index (κ1) is 19.5. The number of aromatic nitrogens is 1. The number of benzene rings is 2. The lowest BCUT2D eigenvalue weighted by Crippen LogP contribution is -2.30. The fourth-order valence-corrected chi connectivity index (χ4v) is 3.30. The standard InChI is InChI=1S/C22H20N2O6/c1-11-20(12(2)30-24-11)22(26)28-13(3)21(25)23-16-10-18-15(9-19(16)27-4)14-7-5-6-8-17(14)29-18/h5-10,13H,1-4H3,(H,23,25)/t13-/m0/s1. The topological polar surface area (TPSA) is 104 Å². The maximum absolute atomic E-state index is 12.7. The third-order valence-electron chi connectivity index (χ3n) is 4.85. The van der Waals surface area contributed by atoms with Crippen molar-refractivity contribution in [2.24, 2.45) is 0 Å². The van der Waals surface area contributed by atoms with Crippen LogP contribution in [-0.2, 0) is 9.53 Å². The summed E-state index contributed by atoms with van der Waals surface area (Å²) in [6.45, 7) is 4.72. The van der Waals surface area contributed by atoms with Crippen molar-refractivity contribution in [3.05, 3.63) is 53.4 Å². The van der Waals surface area contributed by atoms with Crippen LogP contribution in [-0.4, -0.2) is 30.2 Å². The number of furan rings is 1. The number of carbonyl (C=O) groups is 2. The van der Waals surface area contributed by atoms with E-state index >= 15 is 0 Å². The number of esters is 1. The summed E-state index contributed by atoms with van der Waals surface area (Å²) in [7, 11) is 1.51. The van der Waals surface area contributed by atoms with Gasteiger partial charge >= 0.3 is 5.97 Å². The van der Waals surface area contributed by atoms with Gasteiger partial charge in [-0.3, -0.25) is 4.79 Å². The molecule has 30 heavy (non-hydrogen) atoms. The molecule has 0 saturated heterocycles. The molecule has 2 heterocycles. The van der Waals surface area contributed by atoms with Crippen molar-refractivity contribution in [3.63, 3.8) is 0 Å². The lowest BCUT2D eigenvalue weighted by atomic mass is 10.1. The molecule has 4 aromatic rings. The van der Waals surface area contributed by atoms with Gasteiger partial charge in [-0.15, -0.1) is 0 Å². The van der Waals surface area contributed by atoms with E-state index in [-0.39, 0.29) is 5.56 Å². The monoisotopic (exact) mass is 408 g/mol. The lowest BCUT2D eigenvalue weighted by molar-refractivity contribution is -0.123. The Balaban J connectivity index is 1.57. The number of hydrogen-bond donors (Lipinski definition) is 1. The number of aryl methyl sites for hydroxylation is 2. The number of fused-ring (bicyclic) bond motifs is 3. The number of anilines is 1. The summed E-state index contributed by atoms with van der Waals surface area (Å²) in [5, 5.41) is 8.28. The first-order valence-corrected chi connectivity index (χ1v) is 9.33. The van der Waals surface area contributed by atoms with Crippen LogP contribution < -0.4 is 10.1 Å². The van der Waals surface area contributed by atoms with Gasteiger partial charge in [0.2, 0.25) is 0 Å². The van der Waals surface area contributed by atoms with Gasteiger partial charge in [-0.1, -0.05) is 23.4 Å². The van der Waals surface area contributed by atoms with Gasteiger partial charge in [0.05, 0.1) is 18.5 Å². The molecule has 0 aliphatic heterocycles. The average molecular weight is 408 g/mol. The summed E-state index contributed by atoms with van der Waals surface area (Å²) in [6.07, 6.45) is -1.05. The first-order chi connectivity index (χ1) is 14.4. The second kappa shape index (κ2) is 7.55. The maximum atomic E-state index is 12.7. The van der Waals surface area contributed by atoms with E-state index in [0.717, 1.165) is 16.4 Å². The Morgan fingerprint density at radius 1 is 1.10 bits per heavy atom. The number of rotatable bonds is 5. The molecule has 2 aromatic carbocycles. The molecular weight excluding hydrogens is 388 g/mol. The largest absolute Gasteiger partial charge is 0.495 e. The SMILES string of the molecule is COc1cc2c(cc1NC(=O)[C@H](C)OC(=O)c1c(C)noc1C)oc1ccccc12. The molecule has 0 aliphatic rings. The highest BCUT2D eigenvalue weighted by Gasteiger charge is 2.25. The van der Waals surface area contributed by atoms with Crippen molar-refractivity contribution < 1.29 is 28.0 Å². The van der Waals surface area contributed by atoms with E-state index in [2.05, 4.69) is 10.5 Å². The summed E-state index contributed by atoms with van der Waals surface area (Å²) in [6, 6.07) is 11.1. The molecule has 0 spiro atoms. The lowest BCUT2D eigenvalue weighted by Gasteiger charge is -2.15. The third-order valence-corrected chi connectivity index (χ3v) is 4.85. The average Bonchev–Trinajstić information content (AvgIpc) is 3.25. The van der Waals surface area contributed by atoms with Crippen molar-refractivity contribution in [2.45, 2.75) is 26.9 Å². The van der Waals surface area contributed by atoms with Crippen molar-refractivity contribution in [1.82, 2.24) is 5.16 Å². The minimum atomic E-state index is -1.05. The van der Waals surface area contributed by atoms with Gasteiger partial charge in [0.1, 0.15) is 28.2 Å². The van der Waals surface area contributed by atoms with E-state index in [0.29, 0.717) is 28.5 Å². The van der Waals surface area contributed by atoms with Crippen molar-refractivity contribution in [2.75, 3.05) is 12.4 Å². The number of nitrogens with one attached hydrogen (secondary N) is 1. The minimum Gasteiger partial charge on any atom is -0.495 e. The predicted molar refractivity (Wildman–Crippen MR) is 110 cm³/mol. The Labute approximate surface area is 171 Å². The van der Waals surface area contributed by atoms with Gasteiger partial charge in [0.25, 0.3) is 5.91 Å². The van der Waals surface area contributed by atoms with Crippen molar-refractivity contribution >= 4 is 39.5 Å². The van der Waals surface area contributed by atoms with Crippen LogP contribution in [0.2, 0.25) is 0 Å². The molecule has 1 amide bonds. The number of hydrogen-bond acceptors (Lipinski definition) is 7. The van der Waals surface area contributed by atoms with Gasteiger partial charge < -0.3 is 23.7 Å². The number of para-hydroxylation sites is 1. The maximum Gasteiger partial charge on any atom is 0.344 e. The van der Waals surface area contributed by atoms with Gasteiger partial charge in [0, 0.05) is 16.8 Å². The molecule has 4 rings (SSSR count). The smallest absolute Gasteiger partial charge is 0.344 e. The molecule has 8 heteroatoms. The van der Waals surface area contributed by atoms with E-state index in [1.54, 1.807) is 26.0 Å². The molecular formula is C22H20N2O6. The van der Waals surface area contributed by atoms with E-state index in [9.17, 15) is 9.59 Å². The van der Waals surface area contributed by atoms with Crippen LogP contribution in [0.5, 0.6) is 5.75 Å². The number of methoxy groups -OCH3 is 1. The van der Waals surface area contributed by atoms with Gasteiger partial charge in [-0.05, 0) is 32.9 Å². The number of amides is 1. The van der Waals surface area contributed by atoms with Gasteiger partial charge in [-0.2, -0.15) is 0 Å². The zero-order valence-corrected chi connectivity index (χ0v) is 16.9. The fourth-order valence-electron chi connectivity index (χ4n) is 3.30. The van der Waals surface area contributed by atoms with Crippen LogP contribution in [0.3, 0.4) is 0 Å². The van der Waals surface area contributed by atoms with Gasteiger partial charge in [0.15, 0.2) is 6.10 Å². The predicted octanol–water partition coefficient (Wildman–Crippen LogP) is 4.38. The normalized spacial score (nSPS) is 12.1. The number of nitrogens with zero attached hydrogens (tertiary/aromatic N) is 1. The molecule has 0 bridgehead atoms. The quantitative estimate of drug-likeness (QED) is 0.489. The van der Waals surface area contributed by atoms with Crippen molar-refractivity contribution in [3.8, 4) is 5.75 Å². The molecule has 0 unspecified atom stereocenters. The summed E-state index contributed by atoms with van der Waals surface area (Å²) in [5.41, 5.74) is 2.37. The minimum absolute atomic E-state index is 0.218. The second-order valence-corrected chi connectivity index (χ2v) is 6.88. The molecule has 1 N–H and O–H groups in total. The van der Waals surface area contributed by atoms with Crippen LogP contribution in [0, 0.1) is 13.8 Å². The molecule has 0 saturated carbocycles. The highest BCUT2D eigenvalue weighted by atomic mass is 16.5. The van der Waals surface area contributed by atoms with E-state index < -0.39 is 18.0 Å². The van der Waals surface area contributed by atoms with Crippen LogP contribution in [0.25, 0.3) is 21.9 Å². The number of carbonyl (C=O) groups excluding carboxylic acids is 2. The molecule has 8 nitrogen and oxygen atoms in total. The molecule has 0 fully saturated rings. The summed E-state index contributed by atoms with van der Waals surface area (Å²) >= 11 is 0. The number of ether oxygens (including phenoxy) is 2.